The van der Waals surface area contributed by atoms with E-state index in [2.05, 4.69) is 21.9 Å². The van der Waals surface area contributed by atoms with Crippen LogP contribution in [0.15, 0.2) is 30.5 Å². The van der Waals surface area contributed by atoms with E-state index in [0.717, 1.165) is 49.8 Å². The lowest BCUT2D eigenvalue weighted by Gasteiger charge is -2.15. The Bertz CT molecular complexity index is 824. The van der Waals surface area contributed by atoms with E-state index >= 15 is 0 Å². The molecule has 0 saturated carbocycles. The predicted octanol–water partition coefficient (Wildman–Crippen LogP) is 5.82. The second-order valence-electron chi connectivity index (χ2n) is 7.98. The van der Waals surface area contributed by atoms with E-state index in [1.807, 2.05) is 6.92 Å². The number of ether oxygens (including phenoxy) is 1. The lowest BCUT2D eigenvalue weighted by Crippen LogP contribution is -2.09. The monoisotopic (exact) mass is 416 g/mol. The van der Waals surface area contributed by atoms with Gasteiger partial charge in [-0.15, -0.1) is 0 Å². The van der Waals surface area contributed by atoms with Crippen LogP contribution in [0.2, 0.25) is 0 Å². The molecule has 1 aliphatic rings. The van der Waals surface area contributed by atoms with Gasteiger partial charge in [-0.1, -0.05) is 19.1 Å². The number of carbonyl (C=O) groups excluding carboxylic acids is 1. The van der Waals surface area contributed by atoms with E-state index < -0.39 is 6.61 Å². The quantitative estimate of drug-likeness (QED) is 0.433. The number of rotatable bonds is 11. The fourth-order valence-corrected chi connectivity index (χ4v) is 4.06. The molecule has 0 radical (unpaired) electrons. The van der Waals surface area contributed by atoms with Crippen LogP contribution in [0.25, 0.3) is 0 Å². The number of Topliss-reactive ketones (excluding diaryl/α,β-unsaturated/α-hetero) is 1. The van der Waals surface area contributed by atoms with Crippen molar-refractivity contribution < 1.29 is 18.3 Å². The first-order valence-electron chi connectivity index (χ1n) is 10.9. The minimum Gasteiger partial charge on any atom is -0.417 e. The average molecular weight is 417 g/mol. The number of alkyl halides is 2. The summed E-state index contributed by atoms with van der Waals surface area (Å²) >= 11 is 0. The highest BCUT2D eigenvalue weighted by Gasteiger charge is 2.16. The van der Waals surface area contributed by atoms with Gasteiger partial charge in [0, 0.05) is 36.5 Å². The molecule has 162 valence electrons. The number of nitrogens with zero attached hydrogens (tertiary/aromatic N) is 2. The van der Waals surface area contributed by atoms with Crippen LogP contribution in [0.1, 0.15) is 80.3 Å². The summed E-state index contributed by atoms with van der Waals surface area (Å²) in [5.74, 6) is 0.173. The van der Waals surface area contributed by atoms with Crippen molar-refractivity contribution in [3.63, 3.8) is 0 Å². The van der Waals surface area contributed by atoms with Crippen molar-refractivity contribution in [2.24, 2.45) is 0 Å². The summed E-state index contributed by atoms with van der Waals surface area (Å²) in [5, 5.41) is 0. The Balaban J connectivity index is 1.42. The smallest absolute Gasteiger partial charge is 0.388 e. The van der Waals surface area contributed by atoms with Crippen molar-refractivity contribution in [1.29, 1.82) is 0 Å². The van der Waals surface area contributed by atoms with Gasteiger partial charge in [-0.25, -0.2) is 4.98 Å². The maximum absolute atomic E-state index is 12.4. The van der Waals surface area contributed by atoms with Gasteiger partial charge in [0.25, 0.3) is 0 Å². The zero-order valence-corrected chi connectivity index (χ0v) is 17.6. The zero-order valence-electron chi connectivity index (χ0n) is 17.6. The minimum absolute atomic E-state index is 0.0490. The van der Waals surface area contributed by atoms with Crippen LogP contribution >= 0.6 is 0 Å². The molecule has 0 fully saturated rings. The van der Waals surface area contributed by atoms with Crippen molar-refractivity contribution >= 4 is 5.78 Å². The molecule has 2 heterocycles. The van der Waals surface area contributed by atoms with Crippen molar-refractivity contribution in [2.75, 3.05) is 0 Å². The van der Waals surface area contributed by atoms with Crippen LogP contribution in [0.5, 0.6) is 5.88 Å². The Morgan fingerprint density at radius 3 is 2.70 bits per heavy atom. The highest BCUT2D eigenvalue weighted by Crippen LogP contribution is 2.26. The Morgan fingerprint density at radius 2 is 1.97 bits per heavy atom. The number of hydrogen-bond donors (Lipinski definition) is 0. The third-order valence-corrected chi connectivity index (χ3v) is 5.78. The molecular weight excluding hydrogens is 386 g/mol. The second-order valence-corrected chi connectivity index (χ2v) is 7.98. The predicted molar refractivity (Wildman–Crippen MR) is 112 cm³/mol. The van der Waals surface area contributed by atoms with Crippen LogP contribution in [-0.2, 0) is 24.1 Å². The lowest BCUT2D eigenvalue weighted by molar-refractivity contribution is -0.119. The standard InChI is InChI=1S/C24H30F2N2O2/c1-2-17(19-12-14-23(27-16-19)30-24(25)26)15-21(29)9-5-4-8-20-13-11-18-7-3-6-10-22(18)28-20/h11-14,16-17,24H,2-10,15H2,1H3/t17-/m1/s1. The van der Waals surface area contributed by atoms with E-state index in [-0.39, 0.29) is 17.6 Å². The summed E-state index contributed by atoms with van der Waals surface area (Å²) in [6, 6.07) is 7.50. The molecule has 2 aromatic rings. The molecule has 2 aromatic heterocycles. The maximum atomic E-state index is 12.4. The number of ketones is 1. The maximum Gasteiger partial charge on any atom is 0.388 e. The first-order chi connectivity index (χ1) is 14.5. The zero-order chi connectivity index (χ0) is 21.3. The summed E-state index contributed by atoms with van der Waals surface area (Å²) in [7, 11) is 0. The Hall–Kier alpha value is -2.37. The fraction of sp³-hybridized carbons (Fsp3) is 0.542. The number of aryl methyl sites for hydroxylation is 3. The molecule has 0 aliphatic heterocycles. The SMILES string of the molecule is CC[C@H](CC(=O)CCCCc1ccc2c(n1)CCCC2)c1ccc(OC(F)F)nc1. The molecular formula is C24H30F2N2O2. The molecule has 0 unspecified atom stereocenters. The van der Waals surface area contributed by atoms with E-state index in [0.29, 0.717) is 12.8 Å². The third-order valence-electron chi connectivity index (χ3n) is 5.78. The molecule has 0 amide bonds. The summed E-state index contributed by atoms with van der Waals surface area (Å²) in [6.07, 6.45) is 10.8. The van der Waals surface area contributed by atoms with Crippen LogP contribution in [-0.4, -0.2) is 22.4 Å². The summed E-state index contributed by atoms with van der Waals surface area (Å²) in [5.41, 5.74) is 4.67. The minimum atomic E-state index is -2.89. The first-order valence-corrected chi connectivity index (χ1v) is 10.9. The van der Waals surface area contributed by atoms with E-state index in [1.165, 1.54) is 36.4 Å². The molecule has 0 bridgehead atoms. The average Bonchev–Trinajstić information content (AvgIpc) is 2.75. The van der Waals surface area contributed by atoms with E-state index in [4.69, 9.17) is 4.98 Å². The van der Waals surface area contributed by atoms with Crippen LogP contribution < -0.4 is 4.74 Å². The topological polar surface area (TPSA) is 52.1 Å². The molecule has 6 heteroatoms. The molecule has 3 rings (SSSR count). The number of pyridine rings is 2. The number of halogens is 2. The molecule has 0 spiro atoms. The molecule has 0 saturated heterocycles. The van der Waals surface area contributed by atoms with Gasteiger partial charge in [0.05, 0.1) is 0 Å². The highest BCUT2D eigenvalue weighted by atomic mass is 19.3. The molecule has 0 aromatic carbocycles. The largest absolute Gasteiger partial charge is 0.417 e. The van der Waals surface area contributed by atoms with Crippen LogP contribution in [0.4, 0.5) is 8.78 Å². The van der Waals surface area contributed by atoms with E-state index in [9.17, 15) is 13.6 Å². The Labute approximate surface area is 177 Å². The summed E-state index contributed by atoms with van der Waals surface area (Å²) in [6.45, 7) is -0.869. The molecule has 30 heavy (non-hydrogen) atoms. The van der Waals surface area contributed by atoms with Gasteiger partial charge in [-0.2, -0.15) is 8.78 Å². The lowest BCUT2D eigenvalue weighted by atomic mass is 9.91. The molecule has 1 aliphatic carbocycles. The van der Waals surface area contributed by atoms with Gasteiger partial charge in [0.2, 0.25) is 5.88 Å². The number of fused-ring (bicyclic) bond motifs is 1. The van der Waals surface area contributed by atoms with Gasteiger partial charge in [0.15, 0.2) is 0 Å². The summed E-state index contributed by atoms with van der Waals surface area (Å²) < 4.78 is 28.8. The molecule has 1 atom stereocenters. The number of carbonyl (C=O) groups is 1. The third kappa shape index (κ3) is 6.57. The Kier molecular flexibility index (Phi) is 8.29. The van der Waals surface area contributed by atoms with Crippen molar-refractivity contribution in [1.82, 2.24) is 9.97 Å². The first kappa shape index (κ1) is 22.3. The van der Waals surface area contributed by atoms with Crippen LogP contribution in [0.3, 0.4) is 0 Å². The molecule has 0 N–H and O–H groups in total. The number of unbranched alkanes of at least 4 members (excludes halogenated alkanes) is 1. The second kappa shape index (κ2) is 11.1. The number of hydrogen-bond acceptors (Lipinski definition) is 4. The van der Waals surface area contributed by atoms with Gasteiger partial charge < -0.3 is 4.74 Å². The van der Waals surface area contributed by atoms with Gasteiger partial charge in [-0.3, -0.25) is 9.78 Å². The van der Waals surface area contributed by atoms with E-state index in [1.54, 1.807) is 6.07 Å². The van der Waals surface area contributed by atoms with Gasteiger partial charge in [0.1, 0.15) is 5.78 Å². The van der Waals surface area contributed by atoms with Crippen molar-refractivity contribution in [3.05, 3.63) is 53.0 Å². The normalized spacial score (nSPS) is 14.4. The van der Waals surface area contributed by atoms with Crippen molar-refractivity contribution in [3.8, 4) is 5.88 Å². The highest BCUT2D eigenvalue weighted by molar-refractivity contribution is 5.79. The summed E-state index contributed by atoms with van der Waals surface area (Å²) in [4.78, 5) is 21.2. The van der Waals surface area contributed by atoms with Gasteiger partial charge >= 0.3 is 6.61 Å². The van der Waals surface area contributed by atoms with Crippen molar-refractivity contribution in [2.45, 2.75) is 83.7 Å². The Morgan fingerprint density at radius 1 is 1.13 bits per heavy atom. The van der Waals surface area contributed by atoms with Crippen LogP contribution in [0, 0.1) is 0 Å². The fourth-order valence-electron chi connectivity index (χ4n) is 4.06. The number of aromatic nitrogens is 2. The molecule has 4 nitrogen and oxygen atoms in total. The van der Waals surface area contributed by atoms with Gasteiger partial charge in [-0.05, 0) is 74.5 Å².